The number of nitrogens with one attached hydrogen (secondary N) is 5. The van der Waals surface area contributed by atoms with E-state index in [1.54, 1.807) is 27.9 Å². The van der Waals surface area contributed by atoms with Gasteiger partial charge in [0.25, 0.3) is 0 Å². The third-order valence-corrected chi connectivity index (χ3v) is 5.30. The van der Waals surface area contributed by atoms with Crippen molar-refractivity contribution < 1.29 is 38.2 Å². The Labute approximate surface area is 224 Å². The van der Waals surface area contributed by atoms with E-state index >= 15 is 0 Å². The van der Waals surface area contributed by atoms with Crippen LogP contribution in [0.2, 0.25) is 0 Å². The van der Waals surface area contributed by atoms with Gasteiger partial charge in [0.05, 0.1) is 25.7 Å². The van der Waals surface area contributed by atoms with Crippen molar-refractivity contribution >= 4 is 35.7 Å². The summed E-state index contributed by atoms with van der Waals surface area (Å²) < 4.78 is 9.57. The van der Waals surface area contributed by atoms with Crippen molar-refractivity contribution in [1.29, 1.82) is 0 Å². The standard InChI is InChI=1S/C15H30N4O5.C9H14N2O3/c1-4-23-14(21)18-9-7-6-8-12(19-15(22)24-5-2)13(20)17-11-10-16-3;1-6(12)3-4-11-8(13)5-7(10-2)9(11)14/h12,16H,4-11H2,1-3H3,(H,17,20)(H,18,21)(H,19,22);7,10H,3-5H2,1-2H3. The van der Waals surface area contributed by atoms with Crippen LogP contribution < -0.4 is 26.6 Å². The van der Waals surface area contributed by atoms with Gasteiger partial charge in [-0.25, -0.2) is 9.59 Å². The lowest BCUT2D eigenvalue weighted by atomic mass is 10.1. The molecule has 1 rings (SSSR count). The second-order valence-electron chi connectivity index (χ2n) is 8.34. The summed E-state index contributed by atoms with van der Waals surface area (Å²) in [5, 5.41) is 13.6. The van der Waals surface area contributed by atoms with Crippen LogP contribution in [0.4, 0.5) is 9.59 Å². The number of likely N-dealkylation sites (tertiary alicyclic amines) is 1. The van der Waals surface area contributed by atoms with E-state index in [-0.39, 0.29) is 49.5 Å². The summed E-state index contributed by atoms with van der Waals surface area (Å²) in [4.78, 5) is 69.5. The number of likely N-dealkylation sites (N-methyl/N-ethyl adjacent to an activating group) is 2. The summed E-state index contributed by atoms with van der Waals surface area (Å²) in [5.74, 6) is -0.690. The Morgan fingerprint density at radius 2 is 1.61 bits per heavy atom. The molecule has 218 valence electrons. The topological polar surface area (TPSA) is 184 Å². The number of unbranched alkanes of at least 4 members (excludes halogenated alkanes) is 1. The molecule has 0 aromatic carbocycles. The number of carbonyl (C=O) groups is 6. The first-order valence-corrected chi connectivity index (χ1v) is 12.9. The zero-order valence-corrected chi connectivity index (χ0v) is 23.1. The third-order valence-electron chi connectivity index (χ3n) is 5.30. The van der Waals surface area contributed by atoms with E-state index in [9.17, 15) is 28.8 Å². The van der Waals surface area contributed by atoms with Crippen LogP contribution in [0.15, 0.2) is 0 Å². The van der Waals surface area contributed by atoms with Gasteiger partial charge in [-0.3, -0.25) is 24.1 Å². The molecular weight excluding hydrogens is 500 g/mol. The number of Topliss-reactive ketones (excluding diaryl/α,β-unsaturated/α-hetero) is 1. The molecule has 2 unspecified atom stereocenters. The van der Waals surface area contributed by atoms with Crippen LogP contribution in [0.3, 0.4) is 0 Å². The maximum atomic E-state index is 12.1. The maximum Gasteiger partial charge on any atom is 0.407 e. The van der Waals surface area contributed by atoms with Crippen LogP contribution >= 0.6 is 0 Å². The van der Waals surface area contributed by atoms with Gasteiger partial charge in [-0.2, -0.15) is 0 Å². The minimum atomic E-state index is -0.663. The van der Waals surface area contributed by atoms with Crippen molar-refractivity contribution in [2.75, 3.05) is 53.5 Å². The summed E-state index contributed by atoms with van der Waals surface area (Å²) in [6.45, 7) is 7.22. The number of hydrogen-bond donors (Lipinski definition) is 5. The molecule has 1 aliphatic rings. The fourth-order valence-electron chi connectivity index (χ4n) is 3.28. The minimum absolute atomic E-state index is 0.0153. The molecule has 1 fully saturated rings. The highest BCUT2D eigenvalue weighted by Crippen LogP contribution is 2.12. The first-order chi connectivity index (χ1) is 18.1. The van der Waals surface area contributed by atoms with E-state index < -0.39 is 24.3 Å². The van der Waals surface area contributed by atoms with Gasteiger partial charge in [-0.15, -0.1) is 0 Å². The highest BCUT2D eigenvalue weighted by atomic mass is 16.6. The zero-order chi connectivity index (χ0) is 28.9. The number of alkyl carbamates (subject to hydrolysis) is 2. The number of amides is 5. The fourth-order valence-corrected chi connectivity index (χ4v) is 3.28. The Balaban J connectivity index is 0.000000824. The van der Waals surface area contributed by atoms with Crippen LogP contribution in [0.1, 0.15) is 52.9 Å². The molecule has 5 N–H and O–H groups in total. The first kappa shape index (κ1) is 34.7. The van der Waals surface area contributed by atoms with Gasteiger partial charge >= 0.3 is 12.2 Å². The van der Waals surface area contributed by atoms with Crippen molar-refractivity contribution in [3.63, 3.8) is 0 Å². The van der Waals surface area contributed by atoms with Gasteiger partial charge in [-0.05, 0) is 54.1 Å². The summed E-state index contributed by atoms with van der Waals surface area (Å²) in [6, 6.07) is -1.07. The zero-order valence-electron chi connectivity index (χ0n) is 23.1. The smallest absolute Gasteiger partial charge is 0.407 e. The van der Waals surface area contributed by atoms with Crippen molar-refractivity contribution in [3.8, 4) is 0 Å². The number of ether oxygens (including phenoxy) is 2. The van der Waals surface area contributed by atoms with E-state index in [2.05, 4.69) is 26.6 Å². The number of rotatable bonds is 16. The van der Waals surface area contributed by atoms with Gasteiger partial charge in [0, 0.05) is 32.6 Å². The second-order valence-corrected chi connectivity index (χ2v) is 8.34. The Hall–Kier alpha value is -3.26. The molecule has 14 heteroatoms. The predicted octanol–water partition coefficient (Wildman–Crippen LogP) is -0.334. The van der Waals surface area contributed by atoms with Crippen LogP contribution in [-0.4, -0.2) is 106 Å². The molecule has 0 bridgehead atoms. The van der Waals surface area contributed by atoms with Crippen molar-refractivity contribution in [1.82, 2.24) is 31.5 Å². The Morgan fingerprint density at radius 3 is 2.16 bits per heavy atom. The Morgan fingerprint density at radius 1 is 0.947 bits per heavy atom. The molecule has 0 radical (unpaired) electrons. The van der Waals surface area contributed by atoms with E-state index in [0.29, 0.717) is 45.5 Å². The van der Waals surface area contributed by atoms with Crippen molar-refractivity contribution in [2.24, 2.45) is 0 Å². The Kier molecular flexibility index (Phi) is 19.0. The van der Waals surface area contributed by atoms with Crippen LogP contribution in [0.25, 0.3) is 0 Å². The molecule has 2 atom stereocenters. The summed E-state index contributed by atoms with van der Waals surface area (Å²) in [5.41, 5.74) is 0. The SMILES string of the molecule is CCOC(=O)NCCCCC(NC(=O)OCC)C(=O)NCCNC.CNC1CC(=O)N(CCC(C)=O)C1=O. The quantitative estimate of drug-likeness (QED) is 0.127. The summed E-state index contributed by atoms with van der Waals surface area (Å²) >= 11 is 0. The number of hydrogen-bond acceptors (Lipinski definition) is 10. The molecule has 38 heavy (non-hydrogen) atoms. The lowest BCUT2D eigenvalue weighted by molar-refractivity contribution is -0.139. The van der Waals surface area contributed by atoms with E-state index in [1.807, 2.05) is 0 Å². The minimum Gasteiger partial charge on any atom is -0.450 e. The number of ketones is 1. The van der Waals surface area contributed by atoms with E-state index in [0.717, 1.165) is 4.90 Å². The molecule has 0 saturated carbocycles. The highest BCUT2D eigenvalue weighted by Gasteiger charge is 2.37. The van der Waals surface area contributed by atoms with Gasteiger partial charge in [-0.1, -0.05) is 0 Å². The highest BCUT2D eigenvalue weighted by molar-refractivity contribution is 6.05. The molecule has 14 nitrogen and oxygen atoms in total. The maximum absolute atomic E-state index is 12.1. The number of imide groups is 1. The van der Waals surface area contributed by atoms with E-state index in [4.69, 9.17) is 9.47 Å². The predicted molar refractivity (Wildman–Crippen MR) is 139 cm³/mol. The van der Waals surface area contributed by atoms with Crippen LogP contribution in [0.5, 0.6) is 0 Å². The van der Waals surface area contributed by atoms with Gasteiger partial charge < -0.3 is 36.1 Å². The average Bonchev–Trinajstić information content (AvgIpc) is 3.14. The monoisotopic (exact) mass is 544 g/mol. The Bertz CT molecular complexity index is 779. The molecule has 1 aliphatic heterocycles. The molecule has 1 heterocycles. The second kappa shape index (κ2) is 20.8. The van der Waals surface area contributed by atoms with Crippen LogP contribution in [0, 0.1) is 0 Å². The van der Waals surface area contributed by atoms with Gasteiger partial charge in [0.2, 0.25) is 17.7 Å². The molecular formula is C24H44N6O8. The molecule has 0 aromatic rings. The molecule has 0 aliphatic carbocycles. The molecule has 0 aromatic heterocycles. The lowest BCUT2D eigenvalue weighted by Crippen LogP contribution is -2.48. The normalized spacial score (nSPS) is 15.2. The largest absolute Gasteiger partial charge is 0.450 e. The first-order valence-electron chi connectivity index (χ1n) is 12.9. The number of nitrogens with zero attached hydrogens (tertiary/aromatic N) is 1. The van der Waals surface area contributed by atoms with Crippen molar-refractivity contribution in [2.45, 2.75) is 65.0 Å². The lowest BCUT2D eigenvalue weighted by Gasteiger charge is -2.18. The van der Waals surface area contributed by atoms with Crippen LogP contribution in [-0.2, 0) is 28.7 Å². The average molecular weight is 545 g/mol. The van der Waals surface area contributed by atoms with Crippen molar-refractivity contribution in [3.05, 3.63) is 0 Å². The van der Waals surface area contributed by atoms with Gasteiger partial charge in [0.15, 0.2) is 0 Å². The summed E-state index contributed by atoms with van der Waals surface area (Å²) in [7, 11) is 3.43. The van der Waals surface area contributed by atoms with Gasteiger partial charge in [0.1, 0.15) is 11.8 Å². The third kappa shape index (κ3) is 15.1. The number of carbonyl (C=O) groups excluding carboxylic acids is 6. The van der Waals surface area contributed by atoms with E-state index in [1.165, 1.54) is 6.92 Å². The summed E-state index contributed by atoms with van der Waals surface area (Å²) in [6.07, 6.45) is 1.15. The molecule has 5 amide bonds. The fraction of sp³-hybridized carbons (Fsp3) is 0.750. The molecule has 0 spiro atoms. The molecule has 1 saturated heterocycles.